The lowest BCUT2D eigenvalue weighted by Crippen LogP contribution is -2.40. The Kier molecular flexibility index (Phi) is 5.47. The summed E-state index contributed by atoms with van der Waals surface area (Å²) in [5, 5.41) is 12.9. The van der Waals surface area contributed by atoms with Gasteiger partial charge in [-0.3, -0.25) is 9.78 Å². The number of hydrogen-bond acceptors (Lipinski definition) is 7. The van der Waals surface area contributed by atoms with E-state index in [2.05, 4.69) is 15.3 Å². The molecule has 0 saturated carbocycles. The van der Waals surface area contributed by atoms with E-state index in [1.54, 1.807) is 32.3 Å². The number of nitrogens with zero attached hydrogens (tertiary/aromatic N) is 4. The van der Waals surface area contributed by atoms with E-state index in [0.29, 0.717) is 28.9 Å². The molecule has 1 fully saturated rings. The Morgan fingerprint density at radius 1 is 1.28 bits per heavy atom. The van der Waals surface area contributed by atoms with Crippen LogP contribution in [0.4, 0.5) is 11.6 Å². The van der Waals surface area contributed by atoms with Gasteiger partial charge in [0.05, 0.1) is 24.1 Å². The third-order valence-electron chi connectivity index (χ3n) is 5.48. The molecule has 2 aromatic heterocycles. The lowest BCUT2D eigenvalue weighted by Gasteiger charge is -2.31. The maximum atomic E-state index is 12.1. The number of nitrogens with one attached hydrogen (secondary N) is 1. The zero-order valence-electron chi connectivity index (χ0n) is 16.9. The number of rotatable bonds is 5. The summed E-state index contributed by atoms with van der Waals surface area (Å²) in [6.45, 7) is 6.08. The van der Waals surface area contributed by atoms with E-state index < -0.39 is 5.60 Å². The second-order valence-corrected chi connectivity index (χ2v) is 8.23. The summed E-state index contributed by atoms with van der Waals surface area (Å²) >= 11 is 0. The van der Waals surface area contributed by atoms with E-state index in [0.717, 1.165) is 44.6 Å². The van der Waals surface area contributed by atoms with Crippen molar-refractivity contribution in [2.75, 3.05) is 36.5 Å². The molecule has 0 bridgehead atoms. The van der Waals surface area contributed by atoms with Crippen molar-refractivity contribution < 1.29 is 16.1 Å². The van der Waals surface area contributed by atoms with E-state index in [9.17, 15) is 9.90 Å². The lowest BCUT2D eigenvalue weighted by atomic mass is 9.96. The van der Waals surface area contributed by atoms with Crippen molar-refractivity contribution in [3.05, 3.63) is 30.2 Å². The molecular formula is C21H29N5O3. The van der Waals surface area contributed by atoms with Crippen molar-refractivity contribution in [3.63, 3.8) is 0 Å². The summed E-state index contributed by atoms with van der Waals surface area (Å²) in [7, 11) is 0. The van der Waals surface area contributed by atoms with Crippen LogP contribution >= 0.6 is 0 Å². The molecule has 1 saturated heterocycles. The molecule has 2 aliphatic heterocycles. The summed E-state index contributed by atoms with van der Waals surface area (Å²) in [5.74, 6) is 1.74. The zero-order chi connectivity index (χ0) is 20.4. The van der Waals surface area contributed by atoms with Gasteiger partial charge in [-0.15, -0.1) is 0 Å². The minimum Gasteiger partial charge on any atom is -0.384 e. The van der Waals surface area contributed by atoms with E-state index in [1.165, 1.54) is 0 Å². The Bertz CT molecular complexity index is 879. The smallest absolute Gasteiger partial charge is 0.245 e. The van der Waals surface area contributed by atoms with Gasteiger partial charge in [-0.2, -0.15) is 0 Å². The van der Waals surface area contributed by atoms with Crippen LogP contribution in [-0.2, 0) is 15.1 Å². The number of amides is 1. The number of ether oxygens (including phenoxy) is 1. The topological polar surface area (TPSA) is 100 Å². The maximum absolute atomic E-state index is 12.1. The Morgan fingerprint density at radius 2 is 2.07 bits per heavy atom. The van der Waals surface area contributed by atoms with Gasteiger partial charge in [-0.1, -0.05) is 0 Å². The molecule has 2 aromatic rings. The van der Waals surface area contributed by atoms with Crippen LogP contribution in [0.1, 0.15) is 40.2 Å². The Hall–Kier alpha value is -2.58. The standard InChI is InChI=1S/C21H27N5O3.H2/c1-21(2,28)17-4-3-15(11-22-17)16-12-23-19-20(24-16)26(13-18(27)25-19)8-5-14-6-9-29-10-7-14;/h3-4,11-12,14,28H,5-10,13H2,1-2H3,(H,23,25,27);1H. The number of carbonyl (C=O) groups is 1. The third-order valence-corrected chi connectivity index (χ3v) is 5.48. The number of aromatic nitrogens is 3. The quantitative estimate of drug-likeness (QED) is 0.797. The molecule has 0 unspecified atom stereocenters. The highest BCUT2D eigenvalue weighted by Gasteiger charge is 2.26. The average Bonchev–Trinajstić information content (AvgIpc) is 2.72. The Balaban J connectivity index is 0.00000256. The fourth-order valence-corrected chi connectivity index (χ4v) is 3.71. The molecule has 29 heavy (non-hydrogen) atoms. The fourth-order valence-electron chi connectivity index (χ4n) is 3.71. The molecule has 8 nitrogen and oxygen atoms in total. The molecule has 4 rings (SSSR count). The molecule has 2 N–H and O–H groups in total. The summed E-state index contributed by atoms with van der Waals surface area (Å²) in [6, 6.07) is 3.67. The van der Waals surface area contributed by atoms with Crippen molar-refractivity contribution in [1.29, 1.82) is 0 Å². The number of anilines is 2. The van der Waals surface area contributed by atoms with E-state index in [1.807, 2.05) is 11.0 Å². The summed E-state index contributed by atoms with van der Waals surface area (Å²) in [6.07, 6.45) is 6.47. The Morgan fingerprint density at radius 3 is 2.76 bits per heavy atom. The van der Waals surface area contributed by atoms with Gasteiger partial charge in [0.15, 0.2) is 11.6 Å². The van der Waals surface area contributed by atoms with Crippen molar-refractivity contribution >= 4 is 17.5 Å². The first-order valence-corrected chi connectivity index (χ1v) is 10.1. The minimum atomic E-state index is -0.995. The van der Waals surface area contributed by atoms with Crippen molar-refractivity contribution in [2.24, 2.45) is 5.92 Å². The van der Waals surface area contributed by atoms with Gasteiger partial charge < -0.3 is 20.1 Å². The van der Waals surface area contributed by atoms with Crippen LogP contribution in [0.25, 0.3) is 11.3 Å². The molecule has 0 spiro atoms. The predicted molar refractivity (Wildman–Crippen MR) is 112 cm³/mol. The molecule has 0 radical (unpaired) electrons. The van der Waals surface area contributed by atoms with Crippen LogP contribution in [0.3, 0.4) is 0 Å². The van der Waals surface area contributed by atoms with Crippen LogP contribution < -0.4 is 10.2 Å². The minimum absolute atomic E-state index is 0. The molecule has 0 atom stereocenters. The SMILES string of the molecule is CC(C)(O)c1ccc(-c2cnc3c(n2)N(CCC2CCOCC2)CC(=O)N3)cn1.[HH]. The molecule has 0 aliphatic carbocycles. The monoisotopic (exact) mass is 399 g/mol. The van der Waals surface area contributed by atoms with Crippen LogP contribution in [-0.4, -0.2) is 52.3 Å². The van der Waals surface area contributed by atoms with Gasteiger partial charge >= 0.3 is 0 Å². The number of carbonyl (C=O) groups excluding carboxylic acids is 1. The lowest BCUT2D eigenvalue weighted by molar-refractivity contribution is -0.115. The van der Waals surface area contributed by atoms with Gasteiger partial charge in [0.2, 0.25) is 5.91 Å². The summed E-state index contributed by atoms with van der Waals surface area (Å²) in [4.78, 5) is 27.7. The van der Waals surface area contributed by atoms with Gasteiger partial charge in [0.1, 0.15) is 5.60 Å². The second kappa shape index (κ2) is 8.04. The molecular weight excluding hydrogens is 370 g/mol. The van der Waals surface area contributed by atoms with E-state index in [-0.39, 0.29) is 13.9 Å². The number of hydrogen-bond donors (Lipinski definition) is 2. The highest BCUT2D eigenvalue weighted by Crippen LogP contribution is 2.30. The molecule has 0 aromatic carbocycles. The van der Waals surface area contributed by atoms with E-state index in [4.69, 9.17) is 9.72 Å². The Labute approximate surface area is 171 Å². The highest BCUT2D eigenvalue weighted by molar-refractivity contribution is 5.99. The average molecular weight is 399 g/mol. The van der Waals surface area contributed by atoms with Crippen molar-refractivity contribution in [1.82, 2.24) is 15.0 Å². The molecule has 8 heteroatoms. The first kappa shape index (κ1) is 19.7. The van der Waals surface area contributed by atoms with Crippen LogP contribution in [0.2, 0.25) is 0 Å². The number of aliphatic hydroxyl groups is 1. The number of pyridine rings is 1. The van der Waals surface area contributed by atoms with Crippen LogP contribution in [0.15, 0.2) is 24.5 Å². The molecule has 1 amide bonds. The number of fused-ring (bicyclic) bond motifs is 1. The molecule has 4 heterocycles. The molecule has 156 valence electrons. The summed E-state index contributed by atoms with van der Waals surface area (Å²) < 4.78 is 5.44. The zero-order valence-corrected chi connectivity index (χ0v) is 16.9. The largest absolute Gasteiger partial charge is 0.384 e. The normalized spacial score (nSPS) is 17.8. The van der Waals surface area contributed by atoms with Crippen LogP contribution in [0, 0.1) is 5.92 Å². The first-order chi connectivity index (χ1) is 13.9. The van der Waals surface area contributed by atoms with Crippen LogP contribution in [0.5, 0.6) is 0 Å². The van der Waals surface area contributed by atoms with Gasteiger partial charge in [-0.25, -0.2) is 9.97 Å². The maximum Gasteiger partial charge on any atom is 0.245 e. The van der Waals surface area contributed by atoms with Gasteiger partial charge in [0, 0.05) is 32.9 Å². The fraction of sp³-hybridized carbons (Fsp3) is 0.524. The summed E-state index contributed by atoms with van der Waals surface area (Å²) in [5.41, 5.74) is 1.10. The van der Waals surface area contributed by atoms with E-state index >= 15 is 0 Å². The van der Waals surface area contributed by atoms with Crippen molar-refractivity contribution in [2.45, 2.75) is 38.7 Å². The highest BCUT2D eigenvalue weighted by atomic mass is 16.5. The first-order valence-electron chi connectivity index (χ1n) is 10.1. The second-order valence-electron chi connectivity index (χ2n) is 8.23. The predicted octanol–water partition coefficient (Wildman–Crippen LogP) is 2.59. The van der Waals surface area contributed by atoms with Gasteiger partial charge in [0.25, 0.3) is 0 Å². The third kappa shape index (κ3) is 4.54. The van der Waals surface area contributed by atoms with Crippen molar-refractivity contribution in [3.8, 4) is 11.3 Å². The van der Waals surface area contributed by atoms with Gasteiger partial charge in [-0.05, 0) is 51.2 Å². The molecule has 2 aliphatic rings.